The highest BCUT2D eigenvalue weighted by Crippen LogP contribution is 1.69. The fourth-order valence-corrected chi connectivity index (χ4v) is 0.0745. The number of aliphatic hydroxyl groups is 2. The summed E-state index contributed by atoms with van der Waals surface area (Å²) < 4.78 is 0. The summed E-state index contributed by atoms with van der Waals surface area (Å²) >= 11 is 0. The average Bonchev–Trinajstić information content (AvgIpc) is 1.65. The second kappa shape index (κ2) is 9.93. The van der Waals surface area contributed by atoms with Gasteiger partial charge in [-0.3, -0.25) is 0 Å². The van der Waals surface area contributed by atoms with E-state index >= 15 is 0 Å². The molecule has 54 valence electrons. The predicted molar refractivity (Wildman–Crippen MR) is 32.2 cm³/mol. The lowest BCUT2D eigenvalue weighted by atomic mass is 10.4. The van der Waals surface area contributed by atoms with Gasteiger partial charge in [0.25, 0.3) is 0 Å². The first kappa shape index (κ1) is 15.7. The molecular weight excluding hydrogens is 110 g/mol. The normalized spacial score (nSPS) is 10.9. The van der Waals surface area contributed by atoms with Gasteiger partial charge in [0.05, 0.1) is 12.7 Å². The van der Waals surface area contributed by atoms with Crippen LogP contribution >= 0.6 is 0 Å². The molecule has 1 atom stereocenters. The molecule has 10 N–H and O–H groups in total. The average molecular weight is 125 g/mol. The van der Waals surface area contributed by atoms with E-state index in [0.717, 1.165) is 0 Å². The molecule has 0 radical (unpaired) electrons. The van der Waals surface area contributed by atoms with Crippen LogP contribution in [0.15, 0.2) is 0 Å². The Hall–Kier alpha value is -0.200. The summed E-state index contributed by atoms with van der Waals surface area (Å²) in [4.78, 5) is 0. The van der Waals surface area contributed by atoms with Crippen LogP contribution < -0.4 is 18.0 Å². The van der Waals surface area contributed by atoms with Crippen LogP contribution in [0.3, 0.4) is 0 Å². The van der Waals surface area contributed by atoms with Crippen LogP contribution in [-0.2, 0) is 0 Å². The van der Waals surface area contributed by atoms with Gasteiger partial charge < -0.3 is 28.2 Å². The van der Waals surface area contributed by atoms with Crippen molar-refractivity contribution in [3.05, 3.63) is 0 Å². The Bertz CT molecular complexity index is 31.7. The van der Waals surface area contributed by atoms with Gasteiger partial charge in [0.1, 0.15) is 0 Å². The molecule has 0 aromatic rings. The maximum atomic E-state index is 8.29. The van der Waals surface area contributed by atoms with Crippen LogP contribution in [0.2, 0.25) is 0 Å². The minimum Gasteiger partial charge on any atom is -0.394 e. The molecule has 8 heavy (non-hydrogen) atoms. The molecule has 0 heterocycles. The van der Waals surface area contributed by atoms with E-state index in [4.69, 9.17) is 15.9 Å². The summed E-state index contributed by atoms with van der Waals surface area (Å²) in [6.45, 7) is -0.104. The van der Waals surface area contributed by atoms with Gasteiger partial charge in [-0.05, 0) is 0 Å². The van der Waals surface area contributed by atoms with E-state index in [2.05, 4.69) is 0 Å². The quantitative estimate of drug-likeness (QED) is 0.310. The molecule has 0 aliphatic rings. The van der Waals surface area contributed by atoms with E-state index in [1.54, 1.807) is 0 Å². The molecule has 0 aliphatic carbocycles. The molecule has 0 aromatic carbocycles. The lowest BCUT2D eigenvalue weighted by Gasteiger charge is -1.97. The van der Waals surface area contributed by atoms with Crippen LogP contribution in [0.5, 0.6) is 0 Å². The third-order valence-electron chi connectivity index (χ3n) is 0.483. The van der Waals surface area contributed by atoms with Crippen LogP contribution in [-0.4, -0.2) is 29.5 Å². The minimum absolute atomic E-state index is 0. The van der Waals surface area contributed by atoms with Crippen LogP contribution in [0, 0.1) is 0 Å². The van der Waals surface area contributed by atoms with Gasteiger partial charge in [-0.25, -0.2) is 0 Å². The fourth-order valence-electron chi connectivity index (χ4n) is 0.0745. The Labute approximate surface area is 48.7 Å². The van der Waals surface area contributed by atoms with E-state index in [0.29, 0.717) is 0 Å². The van der Waals surface area contributed by atoms with Gasteiger partial charge in [-0.15, -0.1) is 0 Å². The maximum absolute atomic E-state index is 8.29. The molecule has 0 rings (SSSR count). The third-order valence-corrected chi connectivity index (χ3v) is 0.483. The highest BCUT2D eigenvalue weighted by molar-refractivity contribution is 4.48. The van der Waals surface area contributed by atoms with Crippen molar-refractivity contribution in [3.8, 4) is 0 Å². The Kier molecular flexibility index (Phi) is 19.4. The largest absolute Gasteiger partial charge is 0.394 e. The summed E-state index contributed by atoms with van der Waals surface area (Å²) in [5.74, 6) is 0. The number of hydrogen-bond acceptors (Lipinski definition) is 5. The Morgan fingerprint density at radius 2 is 1.75 bits per heavy atom. The molecule has 0 spiro atoms. The van der Waals surface area contributed by atoms with Gasteiger partial charge in [0.15, 0.2) is 0 Å². The molecular formula is C3H15N3O2. The lowest BCUT2D eigenvalue weighted by molar-refractivity contribution is 0.102. The smallest absolute Gasteiger partial charge is 0.0892 e. The lowest BCUT2D eigenvalue weighted by Crippen LogP contribution is -2.22. The van der Waals surface area contributed by atoms with Gasteiger partial charge >= 0.3 is 0 Å². The summed E-state index contributed by atoms with van der Waals surface area (Å²) in [7, 11) is 0. The van der Waals surface area contributed by atoms with Crippen molar-refractivity contribution in [2.75, 3.05) is 13.2 Å². The van der Waals surface area contributed by atoms with Crippen LogP contribution in [0.25, 0.3) is 0 Å². The molecule has 0 aliphatic heterocycles. The fraction of sp³-hybridized carbons (Fsp3) is 1.00. The number of nitrogens with two attached hydrogens (primary N) is 1. The number of hydrogen-bond donors (Lipinski definition) is 5. The zero-order chi connectivity index (χ0) is 4.99. The maximum Gasteiger partial charge on any atom is 0.0892 e. The van der Waals surface area contributed by atoms with Gasteiger partial charge in [0, 0.05) is 6.54 Å². The van der Waals surface area contributed by atoms with E-state index in [1.807, 2.05) is 0 Å². The molecule has 0 amide bonds. The molecule has 0 bridgehead atoms. The van der Waals surface area contributed by atoms with Crippen molar-refractivity contribution in [2.24, 2.45) is 5.73 Å². The second-order valence-electron chi connectivity index (χ2n) is 1.07. The first-order valence-electron chi connectivity index (χ1n) is 1.80. The van der Waals surface area contributed by atoms with E-state index in [9.17, 15) is 0 Å². The molecule has 0 saturated carbocycles. The summed E-state index contributed by atoms with van der Waals surface area (Å²) in [6, 6.07) is 0. The highest BCUT2D eigenvalue weighted by atomic mass is 16.3. The van der Waals surface area contributed by atoms with Crippen LogP contribution in [0.1, 0.15) is 0 Å². The standard InChI is InChI=1S/C3H9NO2.2H3N/c4-1-3(6)2-5;;/h3,5-6H,1-2,4H2;2*1H3. The summed E-state index contributed by atoms with van der Waals surface area (Å²) in [6.07, 6.45) is -0.731. The monoisotopic (exact) mass is 125 g/mol. The Balaban J connectivity index is -0.000000125. The van der Waals surface area contributed by atoms with Gasteiger partial charge in [-0.1, -0.05) is 0 Å². The zero-order valence-electron chi connectivity index (χ0n) is 4.88. The van der Waals surface area contributed by atoms with Gasteiger partial charge in [0.2, 0.25) is 0 Å². The van der Waals surface area contributed by atoms with E-state index in [-0.39, 0.29) is 25.5 Å². The molecule has 5 heteroatoms. The summed E-state index contributed by atoms with van der Waals surface area (Å²) in [5, 5.41) is 16.3. The molecule has 5 nitrogen and oxygen atoms in total. The third kappa shape index (κ3) is 9.25. The number of aliphatic hydroxyl groups excluding tert-OH is 2. The molecule has 1 unspecified atom stereocenters. The predicted octanol–water partition coefficient (Wildman–Crippen LogP) is -1.38. The minimum atomic E-state index is -0.731. The first-order valence-corrected chi connectivity index (χ1v) is 1.80. The zero-order valence-corrected chi connectivity index (χ0v) is 4.88. The van der Waals surface area contributed by atoms with Crippen molar-refractivity contribution in [1.82, 2.24) is 12.3 Å². The van der Waals surface area contributed by atoms with E-state index < -0.39 is 6.10 Å². The Morgan fingerprint density at radius 1 is 1.38 bits per heavy atom. The molecule has 0 aromatic heterocycles. The first-order chi connectivity index (χ1) is 2.81. The van der Waals surface area contributed by atoms with Crippen molar-refractivity contribution in [1.29, 1.82) is 0 Å². The van der Waals surface area contributed by atoms with Gasteiger partial charge in [-0.2, -0.15) is 0 Å². The summed E-state index contributed by atoms with van der Waals surface area (Å²) in [5.41, 5.74) is 4.87. The SMILES string of the molecule is N.N.NCC(O)CO. The van der Waals surface area contributed by atoms with Crippen molar-refractivity contribution < 1.29 is 10.2 Å². The van der Waals surface area contributed by atoms with Crippen molar-refractivity contribution in [3.63, 3.8) is 0 Å². The molecule has 0 fully saturated rings. The topological polar surface area (TPSA) is 136 Å². The second-order valence-corrected chi connectivity index (χ2v) is 1.07. The Morgan fingerprint density at radius 3 is 1.75 bits per heavy atom. The van der Waals surface area contributed by atoms with Crippen molar-refractivity contribution in [2.45, 2.75) is 6.10 Å². The highest BCUT2D eigenvalue weighted by Gasteiger charge is 1.92. The van der Waals surface area contributed by atoms with E-state index in [1.165, 1.54) is 0 Å². The molecule has 0 saturated heterocycles. The van der Waals surface area contributed by atoms with Crippen molar-refractivity contribution >= 4 is 0 Å². The van der Waals surface area contributed by atoms with Crippen LogP contribution in [0.4, 0.5) is 0 Å². The number of rotatable bonds is 2.